The van der Waals surface area contributed by atoms with Crippen molar-refractivity contribution >= 4 is 23.2 Å². The van der Waals surface area contributed by atoms with Gasteiger partial charge in [-0.2, -0.15) is 0 Å². The van der Waals surface area contributed by atoms with Crippen LogP contribution in [-0.2, 0) is 9.59 Å². The minimum atomic E-state index is -0.110. The molecule has 0 aliphatic carbocycles. The molecule has 2 amide bonds. The van der Waals surface area contributed by atoms with Crippen molar-refractivity contribution in [2.75, 3.05) is 55.7 Å². The highest BCUT2D eigenvalue weighted by atomic mass is 16.5. The lowest BCUT2D eigenvalue weighted by Crippen LogP contribution is -2.49. The molecule has 1 fully saturated rings. The standard InChI is InChI=1S/C24H29N3O4/c1-3-30-21-7-5-4-6-19(21)25-12-14-26(15-13-25)23(28)10-11-27-20-9-8-18(2)16-22(20)31-17-24(27)29/h4-9,16H,3,10-15,17H2,1-2H3. The van der Waals surface area contributed by atoms with Crippen LogP contribution in [0.4, 0.5) is 11.4 Å². The summed E-state index contributed by atoms with van der Waals surface area (Å²) in [6, 6.07) is 13.8. The van der Waals surface area contributed by atoms with Gasteiger partial charge in [0.25, 0.3) is 5.91 Å². The maximum absolute atomic E-state index is 12.8. The number of piperazine rings is 1. The van der Waals surface area contributed by atoms with E-state index in [1.807, 2.05) is 55.1 Å². The average molecular weight is 424 g/mol. The van der Waals surface area contributed by atoms with Gasteiger partial charge in [0.1, 0.15) is 11.5 Å². The van der Waals surface area contributed by atoms with Crippen molar-refractivity contribution in [2.24, 2.45) is 0 Å². The van der Waals surface area contributed by atoms with Crippen LogP contribution >= 0.6 is 0 Å². The predicted molar refractivity (Wildman–Crippen MR) is 120 cm³/mol. The molecule has 0 bridgehead atoms. The Bertz CT molecular complexity index is 954. The van der Waals surface area contributed by atoms with Crippen molar-refractivity contribution in [2.45, 2.75) is 20.3 Å². The minimum absolute atomic E-state index is 0.0164. The van der Waals surface area contributed by atoms with Crippen LogP contribution in [0.1, 0.15) is 18.9 Å². The fourth-order valence-corrected chi connectivity index (χ4v) is 4.12. The Morgan fingerprint density at radius 1 is 1.06 bits per heavy atom. The van der Waals surface area contributed by atoms with E-state index in [-0.39, 0.29) is 18.4 Å². The van der Waals surface area contributed by atoms with Crippen LogP contribution in [0, 0.1) is 6.92 Å². The van der Waals surface area contributed by atoms with Crippen LogP contribution in [0.15, 0.2) is 42.5 Å². The van der Waals surface area contributed by atoms with Gasteiger partial charge in [-0.1, -0.05) is 18.2 Å². The molecular formula is C24H29N3O4. The fourth-order valence-electron chi connectivity index (χ4n) is 4.12. The molecule has 4 rings (SSSR count). The second kappa shape index (κ2) is 9.29. The zero-order valence-corrected chi connectivity index (χ0v) is 18.2. The van der Waals surface area contributed by atoms with Crippen molar-refractivity contribution in [3.05, 3.63) is 48.0 Å². The van der Waals surface area contributed by atoms with E-state index in [1.54, 1.807) is 4.90 Å². The van der Waals surface area contributed by atoms with Crippen LogP contribution < -0.4 is 19.3 Å². The molecule has 2 heterocycles. The summed E-state index contributed by atoms with van der Waals surface area (Å²) in [5, 5.41) is 0. The second-order valence-electron chi connectivity index (χ2n) is 7.82. The molecule has 31 heavy (non-hydrogen) atoms. The Morgan fingerprint density at radius 3 is 2.61 bits per heavy atom. The molecule has 0 saturated carbocycles. The number of fused-ring (bicyclic) bond motifs is 1. The van der Waals surface area contributed by atoms with Crippen LogP contribution in [0.25, 0.3) is 0 Å². The first-order valence-corrected chi connectivity index (χ1v) is 10.8. The van der Waals surface area contributed by atoms with Gasteiger partial charge in [0.2, 0.25) is 5.91 Å². The zero-order valence-electron chi connectivity index (χ0n) is 18.2. The summed E-state index contributed by atoms with van der Waals surface area (Å²) in [6.07, 6.45) is 0.300. The third-order valence-electron chi connectivity index (χ3n) is 5.75. The average Bonchev–Trinajstić information content (AvgIpc) is 2.79. The topological polar surface area (TPSA) is 62.3 Å². The first-order valence-electron chi connectivity index (χ1n) is 10.8. The first-order chi connectivity index (χ1) is 15.1. The highest BCUT2D eigenvalue weighted by Crippen LogP contribution is 2.33. The molecule has 0 radical (unpaired) electrons. The lowest BCUT2D eigenvalue weighted by Gasteiger charge is -2.37. The summed E-state index contributed by atoms with van der Waals surface area (Å²) in [7, 11) is 0. The van der Waals surface area contributed by atoms with Gasteiger partial charge in [-0.3, -0.25) is 9.59 Å². The molecule has 2 aliphatic rings. The van der Waals surface area contributed by atoms with Gasteiger partial charge < -0.3 is 24.2 Å². The number of hydrogen-bond acceptors (Lipinski definition) is 5. The quantitative estimate of drug-likeness (QED) is 0.715. The van der Waals surface area contributed by atoms with E-state index in [4.69, 9.17) is 9.47 Å². The smallest absolute Gasteiger partial charge is 0.265 e. The molecule has 1 saturated heterocycles. The van der Waals surface area contributed by atoms with Crippen molar-refractivity contribution < 1.29 is 19.1 Å². The summed E-state index contributed by atoms with van der Waals surface area (Å²) in [5.41, 5.74) is 2.89. The summed E-state index contributed by atoms with van der Waals surface area (Å²) < 4.78 is 11.3. The van der Waals surface area contributed by atoms with Crippen molar-refractivity contribution in [1.82, 2.24) is 4.90 Å². The number of hydrogen-bond donors (Lipinski definition) is 0. The van der Waals surface area contributed by atoms with Gasteiger partial charge in [-0.05, 0) is 43.7 Å². The van der Waals surface area contributed by atoms with E-state index < -0.39 is 0 Å². The molecule has 0 atom stereocenters. The molecule has 2 aliphatic heterocycles. The zero-order chi connectivity index (χ0) is 21.8. The Labute approximate surface area is 183 Å². The van der Waals surface area contributed by atoms with Crippen LogP contribution in [0.3, 0.4) is 0 Å². The van der Waals surface area contributed by atoms with Gasteiger partial charge >= 0.3 is 0 Å². The third-order valence-corrected chi connectivity index (χ3v) is 5.75. The van der Waals surface area contributed by atoms with Crippen LogP contribution in [0.2, 0.25) is 0 Å². The number of ether oxygens (including phenoxy) is 2. The Kier molecular flexibility index (Phi) is 6.30. The van der Waals surface area contributed by atoms with Gasteiger partial charge in [0, 0.05) is 39.1 Å². The largest absolute Gasteiger partial charge is 0.492 e. The number of rotatable bonds is 6. The minimum Gasteiger partial charge on any atom is -0.492 e. The summed E-state index contributed by atoms with van der Waals surface area (Å²) in [4.78, 5) is 31.0. The molecule has 0 aromatic heterocycles. The van der Waals surface area contributed by atoms with E-state index in [9.17, 15) is 9.59 Å². The maximum atomic E-state index is 12.8. The van der Waals surface area contributed by atoms with E-state index in [1.165, 1.54) is 0 Å². The van der Waals surface area contributed by atoms with Gasteiger partial charge in [-0.25, -0.2) is 0 Å². The number of anilines is 2. The summed E-state index contributed by atoms with van der Waals surface area (Å²) in [6.45, 7) is 7.80. The van der Waals surface area contributed by atoms with Crippen LogP contribution in [-0.4, -0.2) is 62.7 Å². The number of aryl methyl sites for hydroxylation is 1. The number of carbonyl (C=O) groups is 2. The molecule has 0 N–H and O–H groups in total. The number of carbonyl (C=O) groups excluding carboxylic acids is 2. The number of amides is 2. The number of nitrogens with zero attached hydrogens (tertiary/aromatic N) is 3. The van der Waals surface area contributed by atoms with E-state index in [0.717, 1.165) is 35.8 Å². The lowest BCUT2D eigenvalue weighted by molar-refractivity contribution is -0.131. The molecule has 0 spiro atoms. The van der Waals surface area contributed by atoms with Gasteiger partial charge in [-0.15, -0.1) is 0 Å². The molecule has 0 unspecified atom stereocenters. The molecule has 164 valence electrons. The van der Waals surface area contributed by atoms with E-state index in [2.05, 4.69) is 11.0 Å². The Hall–Kier alpha value is -3.22. The number of benzene rings is 2. The van der Waals surface area contributed by atoms with Crippen LogP contribution in [0.5, 0.6) is 11.5 Å². The Balaban J connectivity index is 1.34. The maximum Gasteiger partial charge on any atom is 0.265 e. The summed E-state index contributed by atoms with van der Waals surface area (Å²) >= 11 is 0. The predicted octanol–water partition coefficient (Wildman–Crippen LogP) is 2.86. The highest BCUT2D eigenvalue weighted by molar-refractivity contribution is 5.98. The highest BCUT2D eigenvalue weighted by Gasteiger charge is 2.28. The van der Waals surface area contributed by atoms with Gasteiger partial charge in [0.05, 0.1) is 18.0 Å². The second-order valence-corrected chi connectivity index (χ2v) is 7.82. The van der Waals surface area contributed by atoms with E-state index >= 15 is 0 Å². The van der Waals surface area contributed by atoms with Crippen molar-refractivity contribution in [3.63, 3.8) is 0 Å². The monoisotopic (exact) mass is 423 g/mol. The first kappa shape index (κ1) is 21.0. The summed E-state index contributed by atoms with van der Waals surface area (Å²) in [5.74, 6) is 1.55. The Morgan fingerprint density at radius 2 is 1.84 bits per heavy atom. The molecule has 7 nitrogen and oxygen atoms in total. The fraction of sp³-hybridized carbons (Fsp3) is 0.417. The van der Waals surface area contributed by atoms with Gasteiger partial charge in [0.15, 0.2) is 6.61 Å². The SMILES string of the molecule is CCOc1ccccc1N1CCN(C(=O)CCN2C(=O)COc3cc(C)ccc32)CC1. The molecular weight excluding hydrogens is 394 g/mol. The molecule has 7 heteroatoms. The van der Waals surface area contributed by atoms with Crippen molar-refractivity contribution in [1.29, 1.82) is 0 Å². The third kappa shape index (κ3) is 4.60. The molecule has 2 aromatic rings. The molecule has 2 aromatic carbocycles. The van der Waals surface area contributed by atoms with E-state index in [0.29, 0.717) is 38.4 Å². The number of para-hydroxylation sites is 2. The normalized spacial score (nSPS) is 16.1. The lowest BCUT2D eigenvalue weighted by atomic mass is 10.1. The van der Waals surface area contributed by atoms with Crippen molar-refractivity contribution in [3.8, 4) is 11.5 Å².